The van der Waals surface area contributed by atoms with E-state index in [2.05, 4.69) is 0 Å². The second-order valence-corrected chi connectivity index (χ2v) is 5.14. The highest BCUT2D eigenvalue weighted by molar-refractivity contribution is 6.09. The smallest absolute Gasteiger partial charge is 0.193 e. The van der Waals surface area contributed by atoms with Gasteiger partial charge in [0.05, 0.1) is 0 Å². The quantitative estimate of drug-likeness (QED) is 0.516. The molecule has 0 N–H and O–H groups in total. The van der Waals surface area contributed by atoms with Crippen LogP contribution in [0, 0.1) is 0 Å². The number of ketones is 1. The van der Waals surface area contributed by atoms with Crippen molar-refractivity contribution in [3.63, 3.8) is 0 Å². The molecule has 0 spiro atoms. The molecule has 0 radical (unpaired) electrons. The molecule has 0 amide bonds. The maximum Gasteiger partial charge on any atom is 0.193 e. The molecule has 0 aliphatic rings. The summed E-state index contributed by atoms with van der Waals surface area (Å²) >= 11 is 0. The molecule has 24 heavy (non-hydrogen) atoms. The molecule has 0 aliphatic heterocycles. The van der Waals surface area contributed by atoms with Gasteiger partial charge in [0.15, 0.2) is 5.78 Å². The maximum atomic E-state index is 12.5. The van der Waals surface area contributed by atoms with Crippen molar-refractivity contribution in [2.24, 2.45) is 0 Å². The van der Waals surface area contributed by atoms with Gasteiger partial charge in [-0.25, -0.2) is 0 Å². The Morgan fingerprint density at radius 3 is 1.46 bits per heavy atom. The van der Waals surface area contributed by atoms with E-state index in [1.165, 1.54) is 0 Å². The van der Waals surface area contributed by atoms with Crippen LogP contribution in [0.25, 0.3) is 0 Å². The third-order valence-electron chi connectivity index (χ3n) is 3.40. The van der Waals surface area contributed by atoms with E-state index in [1.807, 2.05) is 62.4 Å². The molecule has 0 aliphatic carbocycles. The molecule has 0 bridgehead atoms. The molecule has 0 atom stereocenters. The van der Waals surface area contributed by atoms with Crippen LogP contribution in [-0.4, -0.2) is 19.0 Å². The highest BCUT2D eigenvalue weighted by Crippen LogP contribution is 2.18. The monoisotopic (exact) mass is 322 g/mol. The molecule has 3 nitrogen and oxygen atoms in total. The summed E-state index contributed by atoms with van der Waals surface area (Å²) in [5.74, 6) is 1.48. The number of carbonyl (C=O) groups excluding carboxylic acids is 1. The van der Waals surface area contributed by atoms with E-state index in [4.69, 9.17) is 9.47 Å². The number of ether oxygens (including phenoxy) is 2. The summed E-state index contributed by atoms with van der Waals surface area (Å²) in [7, 11) is 0. The number of carbonyl (C=O) groups is 1. The number of benzene rings is 2. The van der Waals surface area contributed by atoms with Crippen LogP contribution in [0.4, 0.5) is 0 Å². The average Bonchev–Trinajstić information content (AvgIpc) is 2.63. The number of hydrogen-bond donors (Lipinski definition) is 0. The van der Waals surface area contributed by atoms with Crippen molar-refractivity contribution in [3.8, 4) is 11.5 Å². The highest BCUT2D eigenvalue weighted by atomic mass is 16.5. The number of hydrogen-bond acceptors (Lipinski definition) is 3. The summed E-state index contributed by atoms with van der Waals surface area (Å²) in [6.45, 7) is 4.95. The fourth-order valence-electron chi connectivity index (χ4n) is 2.05. The van der Waals surface area contributed by atoms with Gasteiger partial charge in [0.2, 0.25) is 0 Å². The van der Waals surface area contributed by atoms with E-state index < -0.39 is 0 Å². The number of allylic oxidation sites excluding steroid dienone is 2. The first-order valence-corrected chi connectivity index (χ1v) is 7.97. The van der Waals surface area contributed by atoms with Crippen molar-refractivity contribution >= 4 is 5.78 Å². The highest BCUT2D eigenvalue weighted by Gasteiger charge is 2.09. The van der Waals surface area contributed by atoms with Gasteiger partial charge in [-0.1, -0.05) is 24.3 Å². The predicted molar refractivity (Wildman–Crippen MR) is 96.9 cm³/mol. The van der Waals surface area contributed by atoms with E-state index in [0.717, 1.165) is 11.5 Å². The van der Waals surface area contributed by atoms with E-state index >= 15 is 0 Å². The minimum Gasteiger partial charge on any atom is -0.490 e. The first-order valence-electron chi connectivity index (χ1n) is 7.97. The van der Waals surface area contributed by atoms with Crippen molar-refractivity contribution in [2.75, 3.05) is 13.2 Å². The van der Waals surface area contributed by atoms with Crippen molar-refractivity contribution in [2.45, 2.75) is 13.8 Å². The molecule has 0 unspecified atom stereocenters. The SMILES string of the molecule is C/C=C/COc1ccc(C(=O)c2ccc(OC/C=C/C)cc2)cc1. The lowest BCUT2D eigenvalue weighted by Crippen LogP contribution is -2.02. The van der Waals surface area contributed by atoms with Crippen LogP contribution in [0.5, 0.6) is 11.5 Å². The molecule has 0 saturated carbocycles. The fraction of sp³-hybridized carbons (Fsp3) is 0.190. The summed E-state index contributed by atoms with van der Waals surface area (Å²) in [6, 6.07) is 14.4. The van der Waals surface area contributed by atoms with Gasteiger partial charge < -0.3 is 9.47 Å². The topological polar surface area (TPSA) is 35.5 Å². The second-order valence-electron chi connectivity index (χ2n) is 5.14. The van der Waals surface area contributed by atoms with Crippen LogP contribution in [0.3, 0.4) is 0 Å². The first-order chi connectivity index (χ1) is 11.7. The van der Waals surface area contributed by atoms with Crippen LogP contribution in [-0.2, 0) is 0 Å². The summed E-state index contributed by atoms with van der Waals surface area (Å²) in [4.78, 5) is 12.5. The molecule has 2 aromatic rings. The molecule has 3 heteroatoms. The Balaban J connectivity index is 2.00. The van der Waals surface area contributed by atoms with Gasteiger partial charge in [0, 0.05) is 11.1 Å². The van der Waals surface area contributed by atoms with Gasteiger partial charge in [0.1, 0.15) is 24.7 Å². The fourth-order valence-corrected chi connectivity index (χ4v) is 2.05. The van der Waals surface area contributed by atoms with Gasteiger partial charge in [0.25, 0.3) is 0 Å². The van der Waals surface area contributed by atoms with Gasteiger partial charge in [-0.2, -0.15) is 0 Å². The third-order valence-corrected chi connectivity index (χ3v) is 3.40. The van der Waals surface area contributed by atoms with E-state index in [9.17, 15) is 4.79 Å². The zero-order valence-electron chi connectivity index (χ0n) is 14.1. The summed E-state index contributed by atoms with van der Waals surface area (Å²) < 4.78 is 11.1. The lowest BCUT2D eigenvalue weighted by atomic mass is 10.0. The molecule has 0 aromatic heterocycles. The minimum atomic E-state index is -0.0185. The molecule has 2 rings (SSSR count). The Hall–Kier alpha value is -2.81. The van der Waals surface area contributed by atoms with E-state index in [1.54, 1.807) is 24.3 Å². The third kappa shape index (κ3) is 5.13. The molecule has 0 fully saturated rings. The Labute approximate surface area is 143 Å². The second kappa shape index (κ2) is 9.36. The molecule has 2 aromatic carbocycles. The normalized spacial score (nSPS) is 11.1. The van der Waals surface area contributed by atoms with Crippen molar-refractivity contribution < 1.29 is 14.3 Å². The van der Waals surface area contributed by atoms with Crippen molar-refractivity contribution in [1.82, 2.24) is 0 Å². The summed E-state index contributed by atoms with van der Waals surface area (Å²) in [6.07, 6.45) is 7.73. The van der Waals surface area contributed by atoms with E-state index in [0.29, 0.717) is 24.3 Å². The van der Waals surface area contributed by atoms with Gasteiger partial charge >= 0.3 is 0 Å². The minimum absolute atomic E-state index is 0.0185. The van der Waals surface area contributed by atoms with Crippen LogP contribution >= 0.6 is 0 Å². The van der Waals surface area contributed by atoms with Crippen LogP contribution in [0.1, 0.15) is 29.8 Å². The zero-order valence-corrected chi connectivity index (χ0v) is 14.1. The van der Waals surface area contributed by atoms with Crippen LogP contribution in [0.2, 0.25) is 0 Å². The summed E-state index contributed by atoms with van der Waals surface area (Å²) in [5.41, 5.74) is 1.27. The Bertz CT molecular complexity index is 633. The van der Waals surface area contributed by atoms with Crippen LogP contribution in [0.15, 0.2) is 72.8 Å². The zero-order chi connectivity index (χ0) is 17.2. The molecule has 124 valence electrons. The molecule has 0 saturated heterocycles. The predicted octanol–water partition coefficient (Wildman–Crippen LogP) is 4.83. The van der Waals surface area contributed by atoms with Gasteiger partial charge in [-0.05, 0) is 62.4 Å². The standard InChI is InChI=1S/C21H22O3/c1-3-5-15-23-19-11-7-17(8-12-19)21(22)18-9-13-20(14-10-18)24-16-6-4-2/h3-14H,15-16H2,1-2H3/b5-3+,6-4+. The van der Waals surface area contributed by atoms with Gasteiger partial charge in [-0.15, -0.1) is 0 Å². The first kappa shape index (κ1) is 17.5. The largest absolute Gasteiger partial charge is 0.490 e. The lowest BCUT2D eigenvalue weighted by molar-refractivity contribution is 0.103. The summed E-state index contributed by atoms with van der Waals surface area (Å²) in [5, 5.41) is 0. The Morgan fingerprint density at radius 2 is 1.12 bits per heavy atom. The van der Waals surface area contributed by atoms with Crippen molar-refractivity contribution in [1.29, 1.82) is 0 Å². The Morgan fingerprint density at radius 1 is 0.750 bits per heavy atom. The molecule has 0 heterocycles. The lowest BCUT2D eigenvalue weighted by Gasteiger charge is -2.06. The Kier molecular flexibility index (Phi) is 6.84. The molecular weight excluding hydrogens is 300 g/mol. The maximum absolute atomic E-state index is 12.5. The van der Waals surface area contributed by atoms with Gasteiger partial charge in [-0.3, -0.25) is 4.79 Å². The average molecular weight is 322 g/mol. The van der Waals surface area contributed by atoms with Crippen LogP contribution < -0.4 is 9.47 Å². The molecular formula is C21H22O3. The van der Waals surface area contributed by atoms with Crippen molar-refractivity contribution in [3.05, 3.63) is 84.0 Å². The van der Waals surface area contributed by atoms with E-state index in [-0.39, 0.29) is 5.78 Å². The number of rotatable bonds is 8.